The Hall–Kier alpha value is -0.670. The van der Waals surface area contributed by atoms with E-state index in [1.54, 1.807) is 0 Å². The molecule has 0 radical (unpaired) electrons. The Morgan fingerprint density at radius 1 is 1.40 bits per heavy atom. The second-order valence-electron chi connectivity index (χ2n) is 5.74. The van der Waals surface area contributed by atoms with Crippen molar-refractivity contribution in [3.8, 4) is 0 Å². The molecule has 0 aliphatic carbocycles. The second kappa shape index (κ2) is 5.98. The normalized spacial score (nSPS) is 18.6. The summed E-state index contributed by atoms with van der Waals surface area (Å²) in [6, 6.07) is 6.52. The van der Waals surface area contributed by atoms with Crippen molar-refractivity contribution in [1.29, 1.82) is 0 Å². The lowest BCUT2D eigenvalue weighted by molar-refractivity contribution is 0.415. The molecule has 1 aromatic heterocycles. The minimum Gasteiger partial charge on any atom is -0.326 e. The number of benzene rings is 1. The van der Waals surface area contributed by atoms with Crippen LogP contribution >= 0.6 is 23.4 Å². The van der Waals surface area contributed by atoms with Crippen LogP contribution in [0.25, 0.3) is 11.0 Å². The molecule has 4 heteroatoms. The van der Waals surface area contributed by atoms with E-state index in [-0.39, 0.29) is 5.38 Å². The first-order valence-electron chi connectivity index (χ1n) is 7.34. The van der Waals surface area contributed by atoms with E-state index in [1.165, 1.54) is 35.4 Å². The maximum absolute atomic E-state index is 6.35. The van der Waals surface area contributed by atoms with Crippen molar-refractivity contribution < 1.29 is 0 Å². The quantitative estimate of drug-likeness (QED) is 0.759. The van der Waals surface area contributed by atoms with Crippen molar-refractivity contribution in [3.63, 3.8) is 0 Å². The third-order valence-corrected chi connectivity index (χ3v) is 5.31. The van der Waals surface area contributed by atoms with Gasteiger partial charge in [-0.1, -0.05) is 6.07 Å². The molecule has 0 N–H and O–H groups in total. The predicted octanol–water partition coefficient (Wildman–Crippen LogP) is 4.79. The van der Waals surface area contributed by atoms with Gasteiger partial charge in [0.15, 0.2) is 0 Å². The van der Waals surface area contributed by atoms with Crippen molar-refractivity contribution in [2.45, 2.75) is 38.6 Å². The highest BCUT2D eigenvalue weighted by Gasteiger charge is 2.20. The molecule has 0 saturated carbocycles. The van der Waals surface area contributed by atoms with Crippen molar-refractivity contribution in [2.24, 2.45) is 5.92 Å². The van der Waals surface area contributed by atoms with E-state index in [2.05, 4.69) is 41.5 Å². The molecule has 1 aromatic carbocycles. The van der Waals surface area contributed by atoms with Crippen LogP contribution in [0.1, 0.15) is 36.5 Å². The minimum absolute atomic E-state index is 0.0410. The molecular weight excluding hydrogens is 288 g/mol. The van der Waals surface area contributed by atoms with Gasteiger partial charge in [0.05, 0.1) is 16.4 Å². The molecule has 0 amide bonds. The summed E-state index contributed by atoms with van der Waals surface area (Å²) in [7, 11) is 0. The Balaban J connectivity index is 1.99. The number of rotatable bonds is 3. The molecule has 1 aliphatic heterocycles. The number of aromatic nitrogens is 2. The summed E-state index contributed by atoms with van der Waals surface area (Å²) in [5, 5.41) is -0.0410. The summed E-state index contributed by atoms with van der Waals surface area (Å²) >= 11 is 8.43. The van der Waals surface area contributed by atoms with Crippen molar-refractivity contribution in [3.05, 3.63) is 29.6 Å². The fourth-order valence-corrected chi connectivity index (χ4v) is 4.31. The average molecular weight is 309 g/mol. The number of hydrogen-bond acceptors (Lipinski definition) is 2. The molecule has 2 nitrogen and oxygen atoms in total. The van der Waals surface area contributed by atoms with Crippen LogP contribution in [-0.4, -0.2) is 21.1 Å². The van der Waals surface area contributed by atoms with E-state index in [0.29, 0.717) is 0 Å². The maximum atomic E-state index is 6.35. The second-order valence-corrected chi connectivity index (χ2v) is 7.62. The SMILES string of the molecule is Cc1ccc2c(c1)nc(C(C)Cl)n2CC1CCSCC1. The number of aryl methyl sites for hydroxylation is 1. The van der Waals surface area contributed by atoms with Gasteiger partial charge in [0.25, 0.3) is 0 Å². The smallest absolute Gasteiger partial charge is 0.127 e. The first-order valence-corrected chi connectivity index (χ1v) is 8.93. The number of nitrogens with zero attached hydrogens (tertiary/aromatic N) is 2. The topological polar surface area (TPSA) is 17.8 Å². The van der Waals surface area contributed by atoms with Gasteiger partial charge in [0.2, 0.25) is 0 Å². The molecule has 20 heavy (non-hydrogen) atoms. The summed E-state index contributed by atoms with van der Waals surface area (Å²) in [6.07, 6.45) is 2.62. The van der Waals surface area contributed by atoms with Crippen LogP contribution in [0, 0.1) is 12.8 Å². The molecule has 1 aliphatic rings. The van der Waals surface area contributed by atoms with Crippen molar-refractivity contribution >= 4 is 34.4 Å². The van der Waals surface area contributed by atoms with Gasteiger partial charge in [0.1, 0.15) is 5.82 Å². The molecule has 0 bridgehead atoms. The van der Waals surface area contributed by atoms with Gasteiger partial charge >= 0.3 is 0 Å². The van der Waals surface area contributed by atoms with Crippen LogP contribution in [-0.2, 0) is 6.54 Å². The Morgan fingerprint density at radius 3 is 2.85 bits per heavy atom. The van der Waals surface area contributed by atoms with Gasteiger partial charge in [-0.3, -0.25) is 0 Å². The molecule has 0 spiro atoms. The Kier molecular flexibility index (Phi) is 4.27. The highest BCUT2D eigenvalue weighted by atomic mass is 35.5. The van der Waals surface area contributed by atoms with Gasteiger partial charge in [-0.25, -0.2) is 4.98 Å². The van der Waals surface area contributed by atoms with Gasteiger partial charge < -0.3 is 4.57 Å². The lowest BCUT2D eigenvalue weighted by Crippen LogP contribution is -2.18. The fraction of sp³-hybridized carbons (Fsp3) is 0.562. The number of halogens is 1. The predicted molar refractivity (Wildman–Crippen MR) is 88.8 cm³/mol. The zero-order chi connectivity index (χ0) is 14.1. The van der Waals surface area contributed by atoms with E-state index in [1.807, 2.05) is 6.92 Å². The molecule has 1 saturated heterocycles. The van der Waals surface area contributed by atoms with Crippen LogP contribution in [0.5, 0.6) is 0 Å². The van der Waals surface area contributed by atoms with Gasteiger partial charge in [0, 0.05) is 6.54 Å². The Morgan fingerprint density at radius 2 is 2.15 bits per heavy atom. The van der Waals surface area contributed by atoms with Crippen LogP contribution < -0.4 is 0 Å². The minimum atomic E-state index is -0.0410. The number of fused-ring (bicyclic) bond motifs is 1. The first kappa shape index (κ1) is 14.3. The molecule has 1 atom stereocenters. The summed E-state index contributed by atoms with van der Waals surface area (Å²) in [5.41, 5.74) is 3.57. The highest BCUT2D eigenvalue weighted by Crippen LogP contribution is 2.30. The van der Waals surface area contributed by atoms with E-state index >= 15 is 0 Å². The standard InChI is InChI=1S/C16H21ClN2S/c1-11-3-4-15-14(9-11)18-16(12(2)17)19(15)10-13-5-7-20-8-6-13/h3-4,9,12-13H,5-8,10H2,1-2H3. The largest absolute Gasteiger partial charge is 0.326 e. The number of hydrogen-bond donors (Lipinski definition) is 0. The van der Waals surface area contributed by atoms with E-state index in [0.717, 1.165) is 23.8 Å². The summed E-state index contributed by atoms with van der Waals surface area (Å²) in [5.74, 6) is 4.37. The molecule has 3 rings (SSSR count). The third kappa shape index (κ3) is 2.84. The summed E-state index contributed by atoms with van der Waals surface area (Å²) in [6.45, 7) is 5.19. The third-order valence-electron chi connectivity index (χ3n) is 4.07. The lowest BCUT2D eigenvalue weighted by atomic mass is 10.0. The number of imidazole rings is 1. The van der Waals surface area contributed by atoms with Gasteiger partial charge in [-0.05, 0) is 61.8 Å². The molecule has 1 unspecified atom stereocenters. The van der Waals surface area contributed by atoms with Crippen LogP contribution in [0.15, 0.2) is 18.2 Å². The fourth-order valence-electron chi connectivity index (χ4n) is 2.94. The zero-order valence-electron chi connectivity index (χ0n) is 12.1. The molecule has 2 aromatic rings. The van der Waals surface area contributed by atoms with Crippen LogP contribution in [0.4, 0.5) is 0 Å². The number of alkyl halides is 1. The van der Waals surface area contributed by atoms with E-state index < -0.39 is 0 Å². The maximum Gasteiger partial charge on any atom is 0.127 e. The summed E-state index contributed by atoms with van der Waals surface area (Å²) < 4.78 is 2.35. The lowest BCUT2D eigenvalue weighted by Gasteiger charge is -2.23. The van der Waals surface area contributed by atoms with Gasteiger partial charge in [-0.15, -0.1) is 11.6 Å². The highest BCUT2D eigenvalue weighted by molar-refractivity contribution is 7.99. The van der Waals surface area contributed by atoms with E-state index in [4.69, 9.17) is 16.6 Å². The van der Waals surface area contributed by atoms with Crippen molar-refractivity contribution in [1.82, 2.24) is 9.55 Å². The molecular formula is C16H21ClN2S. The van der Waals surface area contributed by atoms with Gasteiger partial charge in [-0.2, -0.15) is 11.8 Å². The van der Waals surface area contributed by atoms with E-state index in [9.17, 15) is 0 Å². The zero-order valence-corrected chi connectivity index (χ0v) is 13.7. The average Bonchev–Trinajstić information content (AvgIpc) is 2.78. The van der Waals surface area contributed by atoms with Crippen LogP contribution in [0.2, 0.25) is 0 Å². The molecule has 108 valence electrons. The summed E-state index contributed by atoms with van der Waals surface area (Å²) in [4.78, 5) is 4.76. The molecule has 1 fully saturated rings. The van der Waals surface area contributed by atoms with Crippen molar-refractivity contribution in [2.75, 3.05) is 11.5 Å². The molecule has 2 heterocycles. The first-order chi connectivity index (χ1) is 9.65. The van der Waals surface area contributed by atoms with Crippen LogP contribution in [0.3, 0.4) is 0 Å². The Labute approximate surface area is 129 Å². The number of thioether (sulfide) groups is 1. The monoisotopic (exact) mass is 308 g/mol. The Bertz CT molecular complexity index is 600.